The third-order valence-corrected chi connectivity index (χ3v) is 2.79. The van der Waals surface area contributed by atoms with Crippen LogP contribution in [0.4, 0.5) is 5.69 Å². The van der Waals surface area contributed by atoms with Gasteiger partial charge >= 0.3 is 0 Å². The first-order chi connectivity index (χ1) is 8.16. The molecule has 0 saturated carbocycles. The number of nitrogens with zero attached hydrogens (tertiary/aromatic N) is 3. The summed E-state index contributed by atoms with van der Waals surface area (Å²) in [6, 6.07) is 1.21. The van der Waals surface area contributed by atoms with E-state index in [2.05, 4.69) is 20.2 Å². The molecule has 0 spiro atoms. The van der Waals surface area contributed by atoms with Crippen LogP contribution in [-0.2, 0) is 0 Å². The van der Waals surface area contributed by atoms with E-state index < -0.39 is 4.92 Å². The molecule has 0 aliphatic carbocycles. The number of nitrogens with one attached hydrogen (secondary N) is 2. The van der Waals surface area contributed by atoms with E-state index in [1.54, 1.807) is 0 Å². The fraction of sp³-hybridized carbons (Fsp3) is 0.125. The van der Waals surface area contributed by atoms with Crippen LogP contribution in [0.1, 0.15) is 10.5 Å². The summed E-state index contributed by atoms with van der Waals surface area (Å²) in [6.07, 6.45) is 2.53. The van der Waals surface area contributed by atoms with Gasteiger partial charge < -0.3 is 4.98 Å². The second-order valence-electron chi connectivity index (χ2n) is 3.03. The maximum absolute atomic E-state index is 11.6. The summed E-state index contributed by atoms with van der Waals surface area (Å²) >= 11 is 1.18. The molecule has 17 heavy (non-hydrogen) atoms. The minimum atomic E-state index is -0.559. The van der Waals surface area contributed by atoms with Crippen molar-refractivity contribution in [2.24, 2.45) is 0 Å². The quantitative estimate of drug-likeness (QED) is 0.355. The molecule has 2 N–H and O–H groups in total. The maximum atomic E-state index is 11.6. The molecule has 0 aliphatic rings. The lowest BCUT2D eigenvalue weighted by atomic mass is 10.3. The topological polar surface area (TPSA) is 118 Å². The predicted molar refractivity (Wildman–Crippen MR) is 58.9 cm³/mol. The zero-order chi connectivity index (χ0) is 12.3. The minimum absolute atomic E-state index is 0.127. The lowest BCUT2D eigenvalue weighted by Gasteiger charge is -1.94. The molecule has 0 saturated heterocycles. The molecule has 2 heterocycles. The number of hydrogen-bond donors (Lipinski definition) is 2. The fourth-order valence-electron chi connectivity index (χ4n) is 1.12. The molecule has 0 bridgehead atoms. The number of carbonyl (C=O) groups excluding carboxylic acids is 1. The van der Waals surface area contributed by atoms with Crippen LogP contribution in [0, 0.1) is 10.1 Å². The zero-order valence-corrected chi connectivity index (χ0v) is 9.23. The molecule has 2 aromatic rings. The summed E-state index contributed by atoms with van der Waals surface area (Å²) in [6.45, 7) is 0. The van der Waals surface area contributed by atoms with E-state index in [1.165, 1.54) is 30.4 Å². The number of Topliss-reactive ketones (excluding diaryl/α,β-unsaturated/α-hetero) is 1. The number of thioether (sulfide) groups is 1. The molecule has 8 nitrogen and oxygen atoms in total. The van der Waals surface area contributed by atoms with Crippen molar-refractivity contribution in [1.29, 1.82) is 0 Å². The van der Waals surface area contributed by atoms with Crippen LogP contribution in [0.15, 0.2) is 23.7 Å². The summed E-state index contributed by atoms with van der Waals surface area (Å²) in [5.74, 6) is -0.105. The maximum Gasteiger partial charge on any atom is 0.287 e. The van der Waals surface area contributed by atoms with Crippen LogP contribution in [0.2, 0.25) is 0 Å². The first-order valence-corrected chi connectivity index (χ1v) is 5.49. The van der Waals surface area contributed by atoms with Crippen LogP contribution in [0.5, 0.6) is 0 Å². The van der Waals surface area contributed by atoms with Gasteiger partial charge in [0.15, 0.2) is 10.9 Å². The summed E-state index contributed by atoms with van der Waals surface area (Å²) in [4.78, 5) is 27.9. The van der Waals surface area contributed by atoms with Gasteiger partial charge in [-0.1, -0.05) is 11.8 Å². The Morgan fingerprint density at radius 2 is 2.41 bits per heavy atom. The van der Waals surface area contributed by atoms with Gasteiger partial charge in [0.1, 0.15) is 6.33 Å². The van der Waals surface area contributed by atoms with E-state index in [4.69, 9.17) is 0 Å². The Hall–Kier alpha value is -2.16. The van der Waals surface area contributed by atoms with Gasteiger partial charge in [0, 0.05) is 6.07 Å². The van der Waals surface area contributed by atoms with Crippen molar-refractivity contribution in [3.05, 3.63) is 34.4 Å². The number of hydrogen-bond acceptors (Lipinski definition) is 6. The Kier molecular flexibility index (Phi) is 3.19. The Morgan fingerprint density at radius 3 is 3.00 bits per heavy atom. The summed E-state index contributed by atoms with van der Waals surface area (Å²) in [5, 5.41) is 17.2. The van der Waals surface area contributed by atoms with Gasteiger partial charge in [0.25, 0.3) is 5.69 Å². The lowest BCUT2D eigenvalue weighted by Crippen LogP contribution is -2.02. The van der Waals surface area contributed by atoms with Crippen LogP contribution in [0.3, 0.4) is 0 Å². The third-order valence-electron chi connectivity index (χ3n) is 1.91. The molecule has 0 amide bonds. The van der Waals surface area contributed by atoms with Crippen molar-refractivity contribution in [2.45, 2.75) is 5.16 Å². The lowest BCUT2D eigenvalue weighted by molar-refractivity contribution is -0.384. The van der Waals surface area contributed by atoms with Gasteiger partial charge in [0.05, 0.1) is 22.6 Å². The minimum Gasteiger partial charge on any atom is -0.353 e. The third kappa shape index (κ3) is 2.69. The van der Waals surface area contributed by atoms with E-state index in [9.17, 15) is 14.9 Å². The zero-order valence-electron chi connectivity index (χ0n) is 8.41. The van der Waals surface area contributed by atoms with Crippen molar-refractivity contribution in [2.75, 3.05) is 5.75 Å². The molecule has 0 aliphatic heterocycles. The van der Waals surface area contributed by atoms with E-state index in [0.717, 1.165) is 0 Å². The highest BCUT2D eigenvalue weighted by Crippen LogP contribution is 2.16. The van der Waals surface area contributed by atoms with Crippen molar-refractivity contribution >= 4 is 23.2 Å². The van der Waals surface area contributed by atoms with Crippen LogP contribution < -0.4 is 0 Å². The fourth-order valence-corrected chi connectivity index (χ4v) is 1.79. The number of aromatic amines is 2. The normalized spacial score (nSPS) is 10.4. The van der Waals surface area contributed by atoms with Crippen LogP contribution >= 0.6 is 11.8 Å². The van der Waals surface area contributed by atoms with Gasteiger partial charge in [0.2, 0.25) is 0 Å². The highest BCUT2D eigenvalue weighted by molar-refractivity contribution is 7.99. The molecule has 0 fully saturated rings. The first-order valence-electron chi connectivity index (χ1n) is 4.51. The molecule has 9 heteroatoms. The van der Waals surface area contributed by atoms with Crippen LogP contribution in [0.25, 0.3) is 0 Å². The molecule has 88 valence electrons. The van der Waals surface area contributed by atoms with Crippen molar-refractivity contribution in [1.82, 2.24) is 20.2 Å². The van der Waals surface area contributed by atoms with Crippen molar-refractivity contribution in [3.63, 3.8) is 0 Å². The summed E-state index contributed by atoms with van der Waals surface area (Å²) < 4.78 is 0. The number of nitro groups is 1. The number of aromatic nitrogens is 4. The summed E-state index contributed by atoms with van der Waals surface area (Å²) in [5.41, 5.74) is 0.0849. The average molecular weight is 253 g/mol. The molecule has 0 unspecified atom stereocenters. The number of carbonyl (C=O) groups is 1. The molecular formula is C8H7N5O3S. The molecule has 2 rings (SSSR count). The van der Waals surface area contributed by atoms with E-state index >= 15 is 0 Å². The second kappa shape index (κ2) is 4.78. The van der Waals surface area contributed by atoms with Gasteiger partial charge in [-0.05, 0) is 0 Å². The van der Waals surface area contributed by atoms with Crippen LogP contribution in [-0.4, -0.2) is 36.6 Å². The molecule has 0 radical (unpaired) electrons. The molecule has 2 aromatic heterocycles. The summed E-state index contributed by atoms with van der Waals surface area (Å²) in [7, 11) is 0. The Morgan fingerprint density at radius 1 is 1.59 bits per heavy atom. The van der Waals surface area contributed by atoms with Crippen molar-refractivity contribution in [3.8, 4) is 0 Å². The first kappa shape index (κ1) is 11.3. The van der Waals surface area contributed by atoms with E-state index in [-0.39, 0.29) is 22.9 Å². The average Bonchev–Trinajstić information content (AvgIpc) is 2.96. The van der Waals surface area contributed by atoms with E-state index in [1.807, 2.05) is 0 Å². The van der Waals surface area contributed by atoms with Gasteiger partial charge in [-0.3, -0.25) is 20.0 Å². The molecule has 0 atom stereocenters. The highest BCUT2D eigenvalue weighted by Gasteiger charge is 2.14. The number of ketones is 1. The van der Waals surface area contributed by atoms with Gasteiger partial charge in [-0.15, -0.1) is 0 Å². The standard InChI is InChI=1S/C8H7N5O3S/c14-7(3-17-8-10-4-11-12-8)6-1-5(2-9-6)13(15)16/h1-2,4,9H,3H2,(H,10,11,12). The second-order valence-corrected chi connectivity index (χ2v) is 4.00. The highest BCUT2D eigenvalue weighted by atomic mass is 32.2. The number of H-pyrrole nitrogens is 2. The number of rotatable bonds is 5. The predicted octanol–water partition coefficient (Wildman–Crippen LogP) is 1.02. The Balaban J connectivity index is 1.97. The SMILES string of the molecule is O=C(CSc1ncn[nH]1)c1cc([N+](=O)[O-])c[nH]1. The van der Waals surface area contributed by atoms with Crippen molar-refractivity contribution < 1.29 is 9.72 Å². The molecule has 0 aromatic carbocycles. The monoisotopic (exact) mass is 253 g/mol. The molecular weight excluding hydrogens is 246 g/mol. The van der Waals surface area contributed by atoms with E-state index in [0.29, 0.717) is 5.16 Å². The van der Waals surface area contributed by atoms with Gasteiger partial charge in [-0.25, -0.2) is 4.98 Å². The largest absolute Gasteiger partial charge is 0.353 e. The Bertz CT molecular complexity index is 535. The smallest absolute Gasteiger partial charge is 0.287 e. The Labute approximate surface area is 99.0 Å². The van der Waals surface area contributed by atoms with Gasteiger partial charge in [-0.2, -0.15) is 5.10 Å².